The first kappa shape index (κ1) is 23.5. The number of aryl methyl sites for hydroxylation is 3. The molecular weight excluding hydrogens is 497 g/mol. The van der Waals surface area contributed by atoms with Crippen LogP contribution < -0.4 is 5.32 Å². The normalized spacial score (nSPS) is 11.1. The third-order valence-electron chi connectivity index (χ3n) is 5.97. The van der Waals surface area contributed by atoms with Crippen molar-refractivity contribution in [2.24, 2.45) is 0 Å². The molecular formula is C28H21Cl2N3OS. The smallest absolute Gasteiger partial charge is 0.258 e. The van der Waals surface area contributed by atoms with Gasteiger partial charge in [-0.2, -0.15) is 0 Å². The standard InChI is InChI=1S/C28H21Cl2N3OS/c1-15-8-9-18(12-16(15)2)25-14-22(20-6-4-5-7-24(20)31-25)27(34)33-28-32-26(17(3)35-28)21-11-10-19(29)13-23(21)30/h4-14H,1-3H3,(H,32,33,34). The molecule has 0 aliphatic rings. The Bertz CT molecular complexity index is 1610. The van der Waals surface area contributed by atoms with Gasteiger partial charge in [-0.05, 0) is 68.3 Å². The quantitative estimate of drug-likeness (QED) is 0.260. The minimum atomic E-state index is -0.240. The third kappa shape index (κ3) is 4.67. The highest BCUT2D eigenvalue weighted by Gasteiger charge is 2.18. The molecule has 4 nitrogen and oxygen atoms in total. The number of carbonyl (C=O) groups excluding carboxylic acids is 1. The van der Waals surface area contributed by atoms with Crippen LogP contribution in [0.25, 0.3) is 33.4 Å². The summed E-state index contributed by atoms with van der Waals surface area (Å²) in [5.74, 6) is -0.240. The van der Waals surface area contributed by atoms with E-state index in [1.807, 2.05) is 49.4 Å². The zero-order valence-electron chi connectivity index (χ0n) is 19.3. The lowest BCUT2D eigenvalue weighted by Gasteiger charge is -2.11. The molecule has 2 aromatic heterocycles. The number of para-hydroxylation sites is 1. The van der Waals surface area contributed by atoms with Crippen molar-refractivity contribution in [1.82, 2.24) is 9.97 Å². The maximum atomic E-state index is 13.5. The molecule has 0 saturated heterocycles. The number of hydrogen-bond acceptors (Lipinski definition) is 4. The van der Waals surface area contributed by atoms with Crippen molar-refractivity contribution in [3.8, 4) is 22.5 Å². The Morgan fingerprint density at radius 3 is 2.46 bits per heavy atom. The summed E-state index contributed by atoms with van der Waals surface area (Å²) in [6.45, 7) is 6.10. The fraction of sp³-hybridized carbons (Fsp3) is 0.107. The van der Waals surface area contributed by atoms with Crippen molar-refractivity contribution in [2.75, 3.05) is 5.32 Å². The van der Waals surface area contributed by atoms with Crippen molar-refractivity contribution < 1.29 is 4.79 Å². The molecule has 174 valence electrons. The summed E-state index contributed by atoms with van der Waals surface area (Å²) in [6.07, 6.45) is 0. The number of nitrogens with zero attached hydrogens (tertiary/aromatic N) is 2. The zero-order chi connectivity index (χ0) is 24.7. The Hall–Kier alpha value is -3.25. The van der Waals surface area contributed by atoms with Crippen LogP contribution >= 0.6 is 34.5 Å². The van der Waals surface area contributed by atoms with Crippen LogP contribution in [-0.2, 0) is 0 Å². The van der Waals surface area contributed by atoms with E-state index < -0.39 is 0 Å². The predicted octanol–water partition coefficient (Wildman–Crippen LogP) is 8.51. The van der Waals surface area contributed by atoms with E-state index in [-0.39, 0.29) is 5.91 Å². The number of fused-ring (bicyclic) bond motifs is 1. The van der Waals surface area contributed by atoms with E-state index in [1.54, 1.807) is 12.1 Å². The highest BCUT2D eigenvalue weighted by molar-refractivity contribution is 7.16. The van der Waals surface area contributed by atoms with Crippen LogP contribution in [0.15, 0.2) is 66.7 Å². The fourth-order valence-corrected chi connectivity index (χ4v) is 5.28. The summed E-state index contributed by atoms with van der Waals surface area (Å²) >= 11 is 13.8. The molecule has 0 aliphatic heterocycles. The van der Waals surface area contributed by atoms with Gasteiger partial charge >= 0.3 is 0 Å². The van der Waals surface area contributed by atoms with Crippen LogP contribution in [0.4, 0.5) is 5.13 Å². The second-order valence-electron chi connectivity index (χ2n) is 8.37. The zero-order valence-corrected chi connectivity index (χ0v) is 21.6. The van der Waals surface area contributed by atoms with Crippen LogP contribution in [0.5, 0.6) is 0 Å². The van der Waals surface area contributed by atoms with E-state index in [0.717, 1.165) is 38.3 Å². The average Bonchev–Trinajstić information content (AvgIpc) is 3.19. The average molecular weight is 518 g/mol. The summed E-state index contributed by atoms with van der Waals surface area (Å²) in [7, 11) is 0. The SMILES string of the molecule is Cc1ccc(-c2cc(C(=O)Nc3nc(-c4ccc(Cl)cc4Cl)c(C)s3)c3ccccc3n2)cc1C. The number of rotatable bonds is 4. The van der Waals surface area contributed by atoms with Crippen LogP contribution in [0.1, 0.15) is 26.4 Å². The first-order valence-corrected chi connectivity index (χ1v) is 12.6. The van der Waals surface area contributed by atoms with E-state index in [9.17, 15) is 4.79 Å². The van der Waals surface area contributed by atoms with Gasteiger partial charge in [-0.15, -0.1) is 11.3 Å². The number of pyridine rings is 1. The molecule has 35 heavy (non-hydrogen) atoms. The van der Waals surface area contributed by atoms with Crippen molar-refractivity contribution in [3.63, 3.8) is 0 Å². The summed E-state index contributed by atoms with van der Waals surface area (Å²) in [5, 5.41) is 5.34. The molecule has 5 aromatic rings. The molecule has 0 unspecified atom stereocenters. The molecule has 1 N–H and O–H groups in total. The van der Waals surface area contributed by atoms with E-state index in [2.05, 4.69) is 36.3 Å². The predicted molar refractivity (Wildman–Crippen MR) is 147 cm³/mol. The molecule has 1 amide bonds. The van der Waals surface area contributed by atoms with Gasteiger partial charge in [0.1, 0.15) is 0 Å². The molecule has 0 fully saturated rings. The maximum absolute atomic E-state index is 13.5. The fourth-order valence-electron chi connectivity index (χ4n) is 3.96. The second-order valence-corrected chi connectivity index (χ2v) is 10.4. The lowest BCUT2D eigenvalue weighted by molar-refractivity contribution is 0.102. The van der Waals surface area contributed by atoms with Crippen LogP contribution in [0.3, 0.4) is 0 Å². The van der Waals surface area contributed by atoms with Gasteiger partial charge in [0.15, 0.2) is 5.13 Å². The number of carbonyl (C=O) groups is 1. The van der Waals surface area contributed by atoms with Gasteiger partial charge in [-0.1, -0.05) is 53.5 Å². The Kier molecular flexibility index (Phi) is 6.32. The Morgan fingerprint density at radius 2 is 1.69 bits per heavy atom. The lowest BCUT2D eigenvalue weighted by Crippen LogP contribution is -2.13. The van der Waals surface area contributed by atoms with Gasteiger partial charge < -0.3 is 0 Å². The van der Waals surface area contributed by atoms with Crippen LogP contribution in [-0.4, -0.2) is 15.9 Å². The molecule has 0 radical (unpaired) electrons. The minimum Gasteiger partial charge on any atom is -0.298 e. The molecule has 0 atom stereocenters. The molecule has 0 saturated carbocycles. The summed E-state index contributed by atoms with van der Waals surface area (Å²) in [6, 6.07) is 21.0. The van der Waals surface area contributed by atoms with E-state index in [0.29, 0.717) is 20.7 Å². The number of hydrogen-bond donors (Lipinski definition) is 1. The molecule has 0 spiro atoms. The number of benzene rings is 3. The van der Waals surface area contributed by atoms with E-state index >= 15 is 0 Å². The van der Waals surface area contributed by atoms with Crippen molar-refractivity contribution in [2.45, 2.75) is 20.8 Å². The number of amides is 1. The summed E-state index contributed by atoms with van der Waals surface area (Å²) in [4.78, 5) is 23.9. The van der Waals surface area contributed by atoms with Gasteiger partial charge in [-0.3, -0.25) is 10.1 Å². The largest absolute Gasteiger partial charge is 0.298 e. The molecule has 0 bridgehead atoms. The van der Waals surface area contributed by atoms with Crippen molar-refractivity contribution >= 4 is 56.5 Å². The monoisotopic (exact) mass is 517 g/mol. The molecule has 2 heterocycles. The van der Waals surface area contributed by atoms with Gasteiger partial charge in [0.2, 0.25) is 0 Å². The van der Waals surface area contributed by atoms with E-state index in [1.165, 1.54) is 22.5 Å². The highest BCUT2D eigenvalue weighted by Crippen LogP contribution is 2.36. The minimum absolute atomic E-state index is 0.240. The van der Waals surface area contributed by atoms with Crippen molar-refractivity contribution in [3.05, 3.63) is 98.3 Å². The highest BCUT2D eigenvalue weighted by atomic mass is 35.5. The molecule has 0 aliphatic carbocycles. The van der Waals surface area contributed by atoms with Gasteiger partial charge in [-0.25, -0.2) is 9.97 Å². The third-order valence-corrected chi connectivity index (χ3v) is 7.40. The summed E-state index contributed by atoms with van der Waals surface area (Å²) in [5.41, 5.74) is 6.91. The van der Waals surface area contributed by atoms with Gasteiger partial charge in [0.05, 0.1) is 27.5 Å². The van der Waals surface area contributed by atoms with Gasteiger partial charge in [0, 0.05) is 26.4 Å². The number of aromatic nitrogens is 2. The lowest BCUT2D eigenvalue weighted by atomic mass is 10.0. The van der Waals surface area contributed by atoms with Crippen LogP contribution in [0.2, 0.25) is 10.0 Å². The topological polar surface area (TPSA) is 54.9 Å². The van der Waals surface area contributed by atoms with E-state index in [4.69, 9.17) is 28.2 Å². The first-order chi connectivity index (χ1) is 16.8. The number of nitrogens with one attached hydrogen (secondary N) is 1. The molecule has 5 rings (SSSR count). The van der Waals surface area contributed by atoms with Gasteiger partial charge in [0.25, 0.3) is 5.91 Å². The molecule has 3 aromatic carbocycles. The number of thiazole rings is 1. The van der Waals surface area contributed by atoms with Crippen LogP contribution in [0, 0.1) is 20.8 Å². The first-order valence-electron chi connectivity index (χ1n) is 11.0. The van der Waals surface area contributed by atoms with Crippen molar-refractivity contribution in [1.29, 1.82) is 0 Å². The number of anilines is 1. The maximum Gasteiger partial charge on any atom is 0.258 e. The Morgan fingerprint density at radius 1 is 0.886 bits per heavy atom. The Labute approximate surface area is 217 Å². The molecule has 7 heteroatoms. The number of halogens is 2. The Balaban J connectivity index is 1.53. The second kappa shape index (κ2) is 9.42. The summed E-state index contributed by atoms with van der Waals surface area (Å²) < 4.78 is 0.